The third-order valence-corrected chi connectivity index (χ3v) is 5.98. The van der Waals surface area contributed by atoms with Crippen LogP contribution in [0, 0.1) is 0 Å². The predicted octanol–water partition coefficient (Wildman–Crippen LogP) is 2.12. The lowest BCUT2D eigenvalue weighted by atomic mass is 9.99. The van der Waals surface area contributed by atoms with Gasteiger partial charge in [0.2, 0.25) is 11.8 Å². The molecular weight excluding hydrogens is 486 g/mol. The van der Waals surface area contributed by atoms with E-state index in [1.807, 2.05) is 36.4 Å². The number of nitrogens with one attached hydrogen (secondary N) is 2. The minimum Gasteiger partial charge on any atom is -0.443 e. The van der Waals surface area contributed by atoms with E-state index < -0.39 is 23.6 Å². The summed E-state index contributed by atoms with van der Waals surface area (Å²) in [7, 11) is 0. The molecule has 0 saturated heterocycles. The number of amides is 3. The Kier molecular flexibility index (Phi) is 7.87. The van der Waals surface area contributed by atoms with Gasteiger partial charge in [-0.05, 0) is 48.7 Å². The number of fused-ring (bicyclic) bond motifs is 2. The average molecular weight is 518 g/mol. The zero-order valence-electron chi connectivity index (χ0n) is 21.3. The van der Waals surface area contributed by atoms with Gasteiger partial charge in [-0.25, -0.2) is 4.79 Å². The molecule has 2 aromatic carbocycles. The number of nitrogens with two attached hydrogens (primary N) is 2. The van der Waals surface area contributed by atoms with Crippen molar-refractivity contribution in [2.75, 3.05) is 6.54 Å². The van der Waals surface area contributed by atoms with E-state index in [2.05, 4.69) is 26.9 Å². The van der Waals surface area contributed by atoms with Crippen LogP contribution in [0.2, 0.25) is 0 Å². The maximum Gasteiger partial charge on any atom is 0.407 e. The molecule has 11 nitrogen and oxygen atoms in total. The van der Waals surface area contributed by atoms with Gasteiger partial charge in [0.15, 0.2) is 11.5 Å². The predicted molar refractivity (Wildman–Crippen MR) is 142 cm³/mol. The molecule has 4 rings (SSSR count). The fourth-order valence-electron chi connectivity index (χ4n) is 4.00. The van der Waals surface area contributed by atoms with Crippen LogP contribution in [0.5, 0.6) is 0 Å². The maximum absolute atomic E-state index is 13.0. The highest BCUT2D eigenvalue weighted by Gasteiger charge is 2.28. The minimum absolute atomic E-state index is 0.00785. The molecule has 198 valence electrons. The molecule has 6 N–H and O–H groups in total. The summed E-state index contributed by atoms with van der Waals surface area (Å²) >= 11 is 0. The summed E-state index contributed by atoms with van der Waals surface area (Å²) in [4.78, 5) is 35.9. The fourth-order valence-corrected chi connectivity index (χ4v) is 4.00. The number of benzene rings is 2. The number of carbonyl (C=O) groups excluding carboxylic acids is 3. The number of primary amides is 1. The standard InChI is InChI=1S/C27H31N7O4/c1-27(2,29)25(36)31-21(15-17-10-11-18-6-3-4-7-19(18)14-17)24-33-32-23-9-5-8-20(34(23)24)16-38-26(37)30-13-12-22(28)35/h3-11,14,21H,12-13,15-16,29H2,1-2H3,(H2,28,35)(H,30,37)(H,31,36). The lowest BCUT2D eigenvalue weighted by Gasteiger charge is -2.24. The Labute approximate surface area is 219 Å². The smallest absolute Gasteiger partial charge is 0.407 e. The molecule has 0 saturated carbocycles. The average Bonchev–Trinajstić information content (AvgIpc) is 3.31. The van der Waals surface area contributed by atoms with Gasteiger partial charge in [-0.15, -0.1) is 10.2 Å². The molecule has 0 fully saturated rings. The number of nitrogens with zero attached hydrogens (tertiary/aromatic N) is 3. The van der Waals surface area contributed by atoms with E-state index in [0.29, 0.717) is 23.6 Å². The topological polar surface area (TPSA) is 167 Å². The monoisotopic (exact) mass is 517 g/mol. The van der Waals surface area contributed by atoms with E-state index >= 15 is 0 Å². The summed E-state index contributed by atoms with van der Waals surface area (Å²) in [6.07, 6.45) is -0.256. The number of hydrogen-bond donors (Lipinski definition) is 4. The third kappa shape index (κ3) is 6.43. The van der Waals surface area contributed by atoms with Gasteiger partial charge in [-0.3, -0.25) is 14.0 Å². The van der Waals surface area contributed by atoms with E-state index in [9.17, 15) is 14.4 Å². The molecule has 0 bridgehead atoms. The van der Waals surface area contributed by atoms with Crippen molar-refractivity contribution in [3.63, 3.8) is 0 Å². The van der Waals surface area contributed by atoms with E-state index in [1.165, 1.54) is 0 Å². The highest BCUT2D eigenvalue weighted by atomic mass is 16.5. The first-order valence-corrected chi connectivity index (χ1v) is 12.2. The number of rotatable bonds is 10. The first-order chi connectivity index (χ1) is 18.1. The van der Waals surface area contributed by atoms with Gasteiger partial charge >= 0.3 is 6.09 Å². The second-order valence-electron chi connectivity index (χ2n) is 9.62. The molecule has 0 aliphatic heterocycles. The molecule has 1 unspecified atom stereocenters. The number of carbonyl (C=O) groups is 3. The summed E-state index contributed by atoms with van der Waals surface area (Å²) in [6.45, 7) is 3.25. The molecule has 38 heavy (non-hydrogen) atoms. The van der Waals surface area contributed by atoms with Crippen molar-refractivity contribution in [2.45, 2.75) is 44.9 Å². The summed E-state index contributed by atoms with van der Waals surface area (Å²) in [5.74, 6) is -0.397. The number of ether oxygens (including phenoxy) is 1. The molecule has 0 aliphatic rings. The molecule has 0 spiro atoms. The fraction of sp³-hybridized carbons (Fsp3) is 0.296. The van der Waals surface area contributed by atoms with Crippen LogP contribution >= 0.6 is 0 Å². The summed E-state index contributed by atoms with van der Waals surface area (Å²) in [6, 6.07) is 18.9. The van der Waals surface area contributed by atoms with Crippen LogP contribution in [0.1, 0.15) is 43.4 Å². The molecular formula is C27H31N7O4. The van der Waals surface area contributed by atoms with Crippen LogP contribution in [0.3, 0.4) is 0 Å². The summed E-state index contributed by atoms with van der Waals surface area (Å²) in [5.41, 5.74) is 12.2. The first-order valence-electron chi connectivity index (χ1n) is 12.2. The minimum atomic E-state index is -1.11. The van der Waals surface area contributed by atoms with E-state index in [-0.39, 0.29) is 25.5 Å². The SMILES string of the molecule is CC(C)(N)C(=O)NC(Cc1ccc2ccccc2c1)c1nnc2cccc(COC(=O)NCCC(N)=O)n12. The van der Waals surface area contributed by atoms with Gasteiger partial charge in [-0.2, -0.15) is 0 Å². The maximum atomic E-state index is 13.0. The van der Waals surface area contributed by atoms with Crippen molar-refractivity contribution >= 4 is 34.3 Å². The van der Waals surface area contributed by atoms with Crippen molar-refractivity contribution in [2.24, 2.45) is 11.5 Å². The first kappa shape index (κ1) is 26.6. The van der Waals surface area contributed by atoms with Crippen molar-refractivity contribution in [3.05, 3.63) is 77.7 Å². The molecule has 2 aromatic heterocycles. The Bertz CT molecular complexity index is 1480. The molecule has 0 aliphatic carbocycles. The molecule has 1 atom stereocenters. The highest BCUT2D eigenvalue weighted by Crippen LogP contribution is 2.23. The van der Waals surface area contributed by atoms with Gasteiger partial charge in [0, 0.05) is 13.0 Å². The Hall–Kier alpha value is -4.51. The number of alkyl carbamates (subject to hydrolysis) is 1. The Balaban J connectivity index is 1.64. The number of aromatic nitrogens is 3. The normalized spacial score (nSPS) is 12.3. The Morgan fingerprint density at radius 1 is 1.03 bits per heavy atom. The van der Waals surface area contributed by atoms with E-state index in [0.717, 1.165) is 16.3 Å². The lowest BCUT2D eigenvalue weighted by Crippen LogP contribution is -2.50. The number of pyridine rings is 1. The van der Waals surface area contributed by atoms with Gasteiger partial charge < -0.3 is 26.8 Å². The molecule has 3 amide bonds. The lowest BCUT2D eigenvalue weighted by molar-refractivity contribution is -0.126. The van der Waals surface area contributed by atoms with Gasteiger partial charge in [0.05, 0.1) is 17.3 Å². The van der Waals surface area contributed by atoms with Crippen LogP contribution in [-0.4, -0.2) is 44.6 Å². The third-order valence-electron chi connectivity index (χ3n) is 5.98. The van der Waals surface area contributed by atoms with Gasteiger partial charge in [0.1, 0.15) is 6.61 Å². The van der Waals surface area contributed by atoms with Crippen molar-refractivity contribution in [3.8, 4) is 0 Å². The van der Waals surface area contributed by atoms with Crippen molar-refractivity contribution < 1.29 is 19.1 Å². The second kappa shape index (κ2) is 11.3. The van der Waals surface area contributed by atoms with Crippen LogP contribution < -0.4 is 22.1 Å². The van der Waals surface area contributed by atoms with Crippen LogP contribution in [0.25, 0.3) is 16.4 Å². The summed E-state index contributed by atoms with van der Waals surface area (Å²) < 4.78 is 7.09. The van der Waals surface area contributed by atoms with Crippen LogP contribution in [0.15, 0.2) is 60.7 Å². The number of hydrogen-bond acceptors (Lipinski definition) is 7. The molecule has 11 heteroatoms. The Morgan fingerprint density at radius 3 is 2.53 bits per heavy atom. The Morgan fingerprint density at radius 2 is 1.79 bits per heavy atom. The zero-order chi connectivity index (χ0) is 27.3. The summed E-state index contributed by atoms with van der Waals surface area (Å²) in [5, 5.41) is 16.4. The van der Waals surface area contributed by atoms with Crippen LogP contribution in [0.4, 0.5) is 4.79 Å². The van der Waals surface area contributed by atoms with E-state index in [4.69, 9.17) is 16.2 Å². The largest absolute Gasteiger partial charge is 0.443 e. The molecule has 2 heterocycles. The van der Waals surface area contributed by atoms with Crippen molar-refractivity contribution in [1.29, 1.82) is 0 Å². The quantitative estimate of drug-likeness (QED) is 0.250. The molecule has 0 radical (unpaired) electrons. The van der Waals surface area contributed by atoms with Gasteiger partial charge in [-0.1, -0.05) is 48.5 Å². The zero-order valence-corrected chi connectivity index (χ0v) is 21.3. The van der Waals surface area contributed by atoms with Crippen molar-refractivity contribution in [1.82, 2.24) is 25.2 Å². The van der Waals surface area contributed by atoms with E-state index in [1.54, 1.807) is 36.4 Å². The second-order valence-corrected chi connectivity index (χ2v) is 9.62. The van der Waals surface area contributed by atoms with Crippen LogP contribution in [-0.2, 0) is 27.4 Å². The highest BCUT2D eigenvalue weighted by molar-refractivity contribution is 5.85. The molecule has 4 aromatic rings. The van der Waals surface area contributed by atoms with Gasteiger partial charge in [0.25, 0.3) is 0 Å².